The first-order valence-corrected chi connectivity index (χ1v) is 5.26. The quantitative estimate of drug-likeness (QED) is 0.713. The van der Waals surface area contributed by atoms with Gasteiger partial charge >= 0.3 is 0 Å². The maximum atomic E-state index is 5.63. The average molecular weight is 190 g/mol. The summed E-state index contributed by atoms with van der Waals surface area (Å²) in [6.45, 7) is 2.92. The molecule has 1 radical (unpaired) electrons. The van der Waals surface area contributed by atoms with Gasteiger partial charge in [-0.2, -0.15) is 0 Å². The molecular weight excluding hydrogens is 174 g/mol. The monoisotopic (exact) mass is 190 g/mol. The third-order valence-corrected chi connectivity index (χ3v) is 2.62. The molecule has 14 heavy (non-hydrogen) atoms. The zero-order valence-corrected chi connectivity index (χ0v) is 8.36. The molecule has 0 aromatic heterocycles. The van der Waals surface area contributed by atoms with Crippen LogP contribution in [0.4, 0.5) is 0 Å². The molecule has 0 aliphatic carbocycles. The molecule has 1 atom stereocenters. The van der Waals surface area contributed by atoms with Crippen LogP contribution < -0.4 is 10.1 Å². The number of hydrogen-bond acceptors (Lipinski definition) is 1. The summed E-state index contributed by atoms with van der Waals surface area (Å²) in [5.74, 6) is 1.74. The average Bonchev–Trinajstić information content (AvgIpc) is 2.72. The highest BCUT2D eigenvalue weighted by molar-refractivity contribution is 5.20. The Bertz CT molecular complexity index is 254. The van der Waals surface area contributed by atoms with Gasteiger partial charge in [0.05, 0.1) is 6.61 Å². The Morgan fingerprint density at radius 1 is 1.29 bits per heavy atom. The lowest BCUT2D eigenvalue weighted by atomic mass is 10.1. The SMILES string of the molecule is c1ccc(OCCC2CC[N]C2)cc1. The van der Waals surface area contributed by atoms with E-state index in [9.17, 15) is 0 Å². The molecule has 1 saturated heterocycles. The fourth-order valence-corrected chi connectivity index (χ4v) is 1.73. The summed E-state index contributed by atoms with van der Waals surface area (Å²) in [5, 5.41) is 4.33. The summed E-state index contributed by atoms with van der Waals surface area (Å²) in [4.78, 5) is 0. The first kappa shape index (κ1) is 9.53. The van der Waals surface area contributed by atoms with Crippen LogP contribution in [0.3, 0.4) is 0 Å². The Balaban J connectivity index is 1.67. The second kappa shape index (κ2) is 5.01. The molecule has 0 N–H and O–H groups in total. The van der Waals surface area contributed by atoms with E-state index in [2.05, 4.69) is 5.32 Å². The van der Waals surface area contributed by atoms with E-state index < -0.39 is 0 Å². The highest BCUT2D eigenvalue weighted by atomic mass is 16.5. The third kappa shape index (κ3) is 2.74. The van der Waals surface area contributed by atoms with Crippen LogP contribution in [-0.2, 0) is 0 Å². The van der Waals surface area contributed by atoms with E-state index in [0.717, 1.165) is 37.8 Å². The van der Waals surface area contributed by atoms with Crippen molar-refractivity contribution >= 4 is 0 Å². The van der Waals surface area contributed by atoms with Gasteiger partial charge in [-0.25, -0.2) is 5.32 Å². The predicted octanol–water partition coefficient (Wildman–Crippen LogP) is 2.08. The van der Waals surface area contributed by atoms with Gasteiger partial charge < -0.3 is 4.74 Å². The fourth-order valence-electron chi connectivity index (χ4n) is 1.73. The summed E-state index contributed by atoms with van der Waals surface area (Å²) in [5.41, 5.74) is 0. The second-order valence-electron chi connectivity index (χ2n) is 3.73. The molecule has 1 aromatic carbocycles. The molecule has 0 saturated carbocycles. The Labute approximate surface area is 85.3 Å². The minimum Gasteiger partial charge on any atom is -0.494 e. The molecule has 2 rings (SSSR count). The maximum Gasteiger partial charge on any atom is 0.119 e. The molecule has 0 spiro atoms. The Kier molecular flexibility index (Phi) is 3.41. The lowest BCUT2D eigenvalue weighted by Crippen LogP contribution is -2.08. The van der Waals surface area contributed by atoms with Gasteiger partial charge in [0.2, 0.25) is 0 Å². The van der Waals surface area contributed by atoms with Crippen molar-refractivity contribution in [1.29, 1.82) is 0 Å². The first-order valence-electron chi connectivity index (χ1n) is 5.26. The second-order valence-corrected chi connectivity index (χ2v) is 3.73. The number of benzene rings is 1. The summed E-state index contributed by atoms with van der Waals surface area (Å²) in [6.07, 6.45) is 2.39. The van der Waals surface area contributed by atoms with Crippen LogP contribution in [0.25, 0.3) is 0 Å². The standard InChI is InChI=1S/C12H16NO/c1-2-4-12(5-3-1)14-9-7-11-6-8-13-10-11/h1-5,11H,6-10H2. The van der Waals surface area contributed by atoms with Gasteiger partial charge in [-0.3, -0.25) is 0 Å². The number of rotatable bonds is 4. The zero-order valence-electron chi connectivity index (χ0n) is 8.36. The minimum absolute atomic E-state index is 0.763. The largest absolute Gasteiger partial charge is 0.494 e. The van der Waals surface area contributed by atoms with Gasteiger partial charge in [0.15, 0.2) is 0 Å². The van der Waals surface area contributed by atoms with E-state index in [1.54, 1.807) is 0 Å². The van der Waals surface area contributed by atoms with E-state index in [1.165, 1.54) is 6.42 Å². The van der Waals surface area contributed by atoms with Crippen molar-refractivity contribution in [2.24, 2.45) is 5.92 Å². The van der Waals surface area contributed by atoms with Crippen LogP contribution >= 0.6 is 0 Å². The van der Waals surface area contributed by atoms with Crippen LogP contribution in [0.5, 0.6) is 5.75 Å². The molecule has 2 nitrogen and oxygen atoms in total. The Morgan fingerprint density at radius 2 is 2.14 bits per heavy atom. The van der Waals surface area contributed by atoms with Crippen LogP contribution in [0, 0.1) is 5.92 Å². The van der Waals surface area contributed by atoms with E-state index in [-0.39, 0.29) is 0 Å². The van der Waals surface area contributed by atoms with Crippen molar-refractivity contribution in [3.8, 4) is 5.75 Å². The van der Waals surface area contributed by atoms with Gasteiger partial charge in [-0.1, -0.05) is 18.2 Å². The molecule has 1 unspecified atom stereocenters. The third-order valence-electron chi connectivity index (χ3n) is 2.62. The Morgan fingerprint density at radius 3 is 2.86 bits per heavy atom. The maximum absolute atomic E-state index is 5.63. The van der Waals surface area contributed by atoms with Crippen molar-refractivity contribution in [3.05, 3.63) is 30.3 Å². The van der Waals surface area contributed by atoms with E-state index in [4.69, 9.17) is 4.74 Å². The summed E-state index contributed by atoms with van der Waals surface area (Å²) < 4.78 is 5.63. The zero-order chi connectivity index (χ0) is 9.64. The van der Waals surface area contributed by atoms with Crippen molar-refractivity contribution in [2.45, 2.75) is 12.8 Å². The first-order chi connectivity index (χ1) is 6.95. The Hall–Kier alpha value is -1.02. The fraction of sp³-hybridized carbons (Fsp3) is 0.500. The van der Waals surface area contributed by atoms with Crippen molar-refractivity contribution in [3.63, 3.8) is 0 Å². The normalized spacial score (nSPS) is 21.0. The lowest BCUT2D eigenvalue weighted by molar-refractivity contribution is 0.283. The predicted molar refractivity (Wildman–Crippen MR) is 56.5 cm³/mol. The van der Waals surface area contributed by atoms with Crippen molar-refractivity contribution < 1.29 is 4.74 Å². The van der Waals surface area contributed by atoms with Crippen molar-refractivity contribution in [2.75, 3.05) is 19.7 Å². The molecule has 0 bridgehead atoms. The number of hydrogen-bond donors (Lipinski definition) is 0. The van der Waals surface area contributed by atoms with Gasteiger partial charge in [0.1, 0.15) is 5.75 Å². The lowest BCUT2D eigenvalue weighted by Gasteiger charge is -2.09. The molecule has 2 heteroatoms. The molecule has 1 aliphatic heterocycles. The number of ether oxygens (including phenoxy) is 1. The summed E-state index contributed by atoms with van der Waals surface area (Å²) in [6, 6.07) is 10.0. The smallest absolute Gasteiger partial charge is 0.119 e. The minimum atomic E-state index is 0.763. The van der Waals surface area contributed by atoms with Crippen LogP contribution in [-0.4, -0.2) is 19.7 Å². The van der Waals surface area contributed by atoms with Gasteiger partial charge in [0, 0.05) is 13.1 Å². The number of nitrogens with zero attached hydrogens (tertiary/aromatic N) is 1. The van der Waals surface area contributed by atoms with E-state index >= 15 is 0 Å². The molecule has 1 aromatic rings. The van der Waals surface area contributed by atoms with Crippen LogP contribution in [0.2, 0.25) is 0 Å². The van der Waals surface area contributed by atoms with Gasteiger partial charge in [-0.05, 0) is 30.9 Å². The molecule has 0 amide bonds. The van der Waals surface area contributed by atoms with Gasteiger partial charge in [-0.15, -0.1) is 0 Å². The van der Waals surface area contributed by atoms with E-state index in [0.29, 0.717) is 0 Å². The molecule has 75 valence electrons. The number of para-hydroxylation sites is 1. The molecular formula is C12H16NO. The van der Waals surface area contributed by atoms with Crippen LogP contribution in [0.1, 0.15) is 12.8 Å². The molecule has 1 heterocycles. The summed E-state index contributed by atoms with van der Waals surface area (Å²) >= 11 is 0. The molecule has 1 aliphatic rings. The highest BCUT2D eigenvalue weighted by Crippen LogP contribution is 2.15. The highest BCUT2D eigenvalue weighted by Gasteiger charge is 2.14. The topological polar surface area (TPSA) is 23.3 Å². The van der Waals surface area contributed by atoms with Crippen molar-refractivity contribution in [1.82, 2.24) is 5.32 Å². The summed E-state index contributed by atoms with van der Waals surface area (Å²) in [7, 11) is 0. The van der Waals surface area contributed by atoms with Crippen LogP contribution in [0.15, 0.2) is 30.3 Å². The van der Waals surface area contributed by atoms with Gasteiger partial charge in [0.25, 0.3) is 0 Å². The molecule has 1 fully saturated rings. The van der Waals surface area contributed by atoms with E-state index in [1.807, 2.05) is 30.3 Å².